The fourth-order valence-electron chi connectivity index (χ4n) is 1.74. The topological polar surface area (TPSA) is 46.3 Å². The summed E-state index contributed by atoms with van der Waals surface area (Å²) in [4.78, 5) is 12.9. The number of benzene rings is 2. The number of urea groups is 1. The summed E-state index contributed by atoms with van der Waals surface area (Å²) in [6, 6.07) is 8.86. The lowest BCUT2D eigenvalue weighted by Crippen LogP contribution is -2.32. The number of carbonyl (C=O) groups is 1. The summed E-state index contributed by atoms with van der Waals surface area (Å²) >= 11 is 24.4. The Labute approximate surface area is 135 Å². The smallest absolute Gasteiger partial charge is 0.324 e. The summed E-state index contributed by atoms with van der Waals surface area (Å²) < 4.78 is 0. The third-order valence-electron chi connectivity index (χ3n) is 2.54. The van der Waals surface area contributed by atoms with Gasteiger partial charge < -0.3 is 5.73 Å². The van der Waals surface area contributed by atoms with Crippen molar-refractivity contribution < 1.29 is 4.79 Å². The second kappa shape index (κ2) is 6.10. The highest BCUT2D eigenvalue weighted by molar-refractivity contribution is 6.43. The average Bonchev–Trinajstić information content (AvgIpc) is 2.35. The molecule has 0 atom stereocenters. The minimum atomic E-state index is -0.796. The Balaban J connectivity index is 2.73. The maximum atomic E-state index is 11.8. The number of nitrogens with zero attached hydrogens (tertiary/aromatic N) is 1. The van der Waals surface area contributed by atoms with Gasteiger partial charge in [0.15, 0.2) is 0 Å². The molecule has 0 aliphatic carbocycles. The molecule has 0 spiro atoms. The van der Waals surface area contributed by atoms with E-state index in [2.05, 4.69) is 0 Å². The molecule has 0 saturated carbocycles. The Morgan fingerprint density at radius 1 is 0.800 bits per heavy atom. The zero-order chi connectivity index (χ0) is 14.9. The standard InChI is InChI=1S/C13H8Cl4N2O/c14-7-3-1-4-8(15)11(7)19(13(18)20)12-9(16)5-2-6-10(12)17/h1-6H,(H2,18,20). The van der Waals surface area contributed by atoms with E-state index < -0.39 is 6.03 Å². The van der Waals surface area contributed by atoms with E-state index in [1.165, 1.54) is 0 Å². The van der Waals surface area contributed by atoms with Crippen molar-refractivity contribution in [3.05, 3.63) is 56.5 Å². The number of amides is 2. The van der Waals surface area contributed by atoms with E-state index >= 15 is 0 Å². The van der Waals surface area contributed by atoms with E-state index in [4.69, 9.17) is 52.1 Å². The van der Waals surface area contributed by atoms with Gasteiger partial charge in [0.05, 0.1) is 31.5 Å². The molecule has 2 amide bonds. The van der Waals surface area contributed by atoms with E-state index in [9.17, 15) is 4.79 Å². The highest BCUT2D eigenvalue weighted by atomic mass is 35.5. The number of carbonyl (C=O) groups excluding carboxylic acids is 1. The van der Waals surface area contributed by atoms with Gasteiger partial charge in [-0.15, -0.1) is 0 Å². The van der Waals surface area contributed by atoms with Crippen LogP contribution in [-0.4, -0.2) is 6.03 Å². The molecule has 3 nitrogen and oxygen atoms in total. The van der Waals surface area contributed by atoms with E-state index in [1.807, 2.05) is 0 Å². The summed E-state index contributed by atoms with van der Waals surface area (Å²) in [5.41, 5.74) is 5.90. The first-order valence-corrected chi connectivity index (χ1v) is 6.92. The second-order valence-electron chi connectivity index (χ2n) is 3.81. The summed E-state index contributed by atoms with van der Waals surface area (Å²) in [5.74, 6) is 0. The molecule has 0 heterocycles. The van der Waals surface area contributed by atoms with Crippen LogP contribution in [-0.2, 0) is 0 Å². The zero-order valence-electron chi connectivity index (χ0n) is 9.91. The number of nitrogens with two attached hydrogens (primary N) is 1. The molecule has 0 aliphatic heterocycles. The summed E-state index contributed by atoms with van der Waals surface area (Å²) in [7, 11) is 0. The molecule has 2 rings (SSSR count). The Morgan fingerprint density at radius 3 is 1.35 bits per heavy atom. The van der Waals surface area contributed by atoms with Crippen LogP contribution >= 0.6 is 46.4 Å². The van der Waals surface area contributed by atoms with Crippen LogP contribution in [0, 0.1) is 0 Å². The largest absolute Gasteiger partial charge is 0.351 e. The quantitative estimate of drug-likeness (QED) is 0.762. The molecule has 7 heteroatoms. The molecule has 0 radical (unpaired) electrons. The molecular weight excluding hydrogens is 342 g/mol. The van der Waals surface area contributed by atoms with Crippen LogP contribution in [0.3, 0.4) is 0 Å². The van der Waals surface area contributed by atoms with Crippen molar-refractivity contribution in [2.45, 2.75) is 0 Å². The van der Waals surface area contributed by atoms with Gasteiger partial charge >= 0.3 is 6.03 Å². The molecule has 2 aromatic carbocycles. The van der Waals surface area contributed by atoms with Crippen molar-refractivity contribution in [1.82, 2.24) is 0 Å². The fraction of sp³-hybridized carbons (Fsp3) is 0. The third kappa shape index (κ3) is 2.81. The first-order valence-electron chi connectivity index (χ1n) is 5.41. The van der Waals surface area contributed by atoms with Crippen molar-refractivity contribution in [2.24, 2.45) is 5.73 Å². The summed E-state index contributed by atoms with van der Waals surface area (Å²) in [6.45, 7) is 0. The highest BCUT2D eigenvalue weighted by Crippen LogP contribution is 2.43. The van der Waals surface area contributed by atoms with Gasteiger partial charge in [-0.05, 0) is 24.3 Å². The number of para-hydroxylation sites is 2. The van der Waals surface area contributed by atoms with Crippen LogP contribution in [0.4, 0.5) is 16.2 Å². The van der Waals surface area contributed by atoms with Crippen molar-refractivity contribution in [1.29, 1.82) is 0 Å². The van der Waals surface area contributed by atoms with E-state index in [-0.39, 0.29) is 31.5 Å². The fourth-order valence-corrected chi connectivity index (χ4v) is 2.87. The molecule has 0 fully saturated rings. The Bertz CT molecular complexity index is 583. The maximum Gasteiger partial charge on any atom is 0.324 e. The first-order chi connectivity index (χ1) is 9.43. The SMILES string of the molecule is NC(=O)N(c1c(Cl)cccc1Cl)c1c(Cl)cccc1Cl. The predicted octanol–water partition coefficient (Wildman–Crippen LogP) is 5.52. The maximum absolute atomic E-state index is 11.8. The number of anilines is 2. The lowest BCUT2D eigenvalue weighted by molar-refractivity contribution is 0.256. The zero-order valence-corrected chi connectivity index (χ0v) is 12.9. The Morgan fingerprint density at radius 2 is 1.10 bits per heavy atom. The van der Waals surface area contributed by atoms with Crippen molar-refractivity contribution >= 4 is 63.8 Å². The van der Waals surface area contributed by atoms with Crippen LogP contribution in [0.2, 0.25) is 20.1 Å². The van der Waals surface area contributed by atoms with Crippen LogP contribution in [0.25, 0.3) is 0 Å². The van der Waals surface area contributed by atoms with E-state index in [0.29, 0.717) is 0 Å². The molecule has 104 valence electrons. The third-order valence-corrected chi connectivity index (χ3v) is 3.76. The molecule has 20 heavy (non-hydrogen) atoms. The van der Waals surface area contributed by atoms with Crippen LogP contribution in [0.15, 0.2) is 36.4 Å². The average molecular weight is 350 g/mol. The van der Waals surface area contributed by atoms with Gasteiger partial charge in [-0.25, -0.2) is 4.79 Å². The number of primary amides is 1. The minimum Gasteiger partial charge on any atom is -0.351 e. The van der Waals surface area contributed by atoms with Crippen LogP contribution in [0.1, 0.15) is 0 Å². The van der Waals surface area contributed by atoms with Crippen molar-refractivity contribution in [3.8, 4) is 0 Å². The monoisotopic (exact) mass is 348 g/mol. The lowest BCUT2D eigenvalue weighted by atomic mass is 10.2. The number of hydrogen-bond donors (Lipinski definition) is 1. The van der Waals surface area contributed by atoms with Gasteiger partial charge in [0, 0.05) is 0 Å². The number of hydrogen-bond acceptors (Lipinski definition) is 1. The number of halogens is 4. The summed E-state index contributed by atoms with van der Waals surface area (Å²) in [6.07, 6.45) is 0. The highest BCUT2D eigenvalue weighted by Gasteiger charge is 2.25. The molecule has 0 bridgehead atoms. The van der Waals surface area contributed by atoms with Crippen molar-refractivity contribution in [2.75, 3.05) is 4.90 Å². The van der Waals surface area contributed by atoms with Crippen LogP contribution in [0.5, 0.6) is 0 Å². The molecule has 0 aliphatic rings. The number of rotatable bonds is 2. The Hall–Kier alpha value is -1.13. The van der Waals surface area contributed by atoms with E-state index in [1.54, 1.807) is 36.4 Å². The normalized spacial score (nSPS) is 10.4. The molecular formula is C13H8Cl4N2O. The van der Waals surface area contributed by atoms with Gasteiger partial charge in [0.1, 0.15) is 0 Å². The predicted molar refractivity (Wildman–Crippen MR) is 84.6 cm³/mol. The Kier molecular flexibility index (Phi) is 4.66. The van der Waals surface area contributed by atoms with Crippen LogP contribution < -0.4 is 10.6 Å². The van der Waals surface area contributed by atoms with E-state index in [0.717, 1.165) is 4.90 Å². The molecule has 0 saturated heterocycles. The molecule has 0 unspecified atom stereocenters. The van der Waals surface area contributed by atoms with Gasteiger partial charge in [0.25, 0.3) is 0 Å². The van der Waals surface area contributed by atoms with Gasteiger partial charge in [0.2, 0.25) is 0 Å². The summed E-state index contributed by atoms with van der Waals surface area (Å²) in [5, 5.41) is 1.03. The second-order valence-corrected chi connectivity index (χ2v) is 5.44. The minimum absolute atomic E-state index is 0.235. The van der Waals surface area contributed by atoms with Gasteiger partial charge in [-0.1, -0.05) is 58.5 Å². The van der Waals surface area contributed by atoms with Crippen molar-refractivity contribution in [3.63, 3.8) is 0 Å². The van der Waals surface area contributed by atoms with Gasteiger partial charge in [-0.2, -0.15) is 0 Å². The first kappa shape index (κ1) is 15.3. The lowest BCUT2D eigenvalue weighted by Gasteiger charge is -2.24. The molecule has 0 aromatic heterocycles. The van der Waals surface area contributed by atoms with Gasteiger partial charge in [-0.3, -0.25) is 4.90 Å². The molecule has 2 aromatic rings. The molecule has 2 N–H and O–H groups in total.